The van der Waals surface area contributed by atoms with Crippen LogP contribution in [0.4, 0.5) is 0 Å². The van der Waals surface area contributed by atoms with Gasteiger partial charge in [-0.1, -0.05) is 30.3 Å². The van der Waals surface area contributed by atoms with E-state index in [0.717, 1.165) is 36.4 Å². The maximum Gasteiger partial charge on any atom is 0.0412 e. The Bertz CT molecular complexity index is 397. The summed E-state index contributed by atoms with van der Waals surface area (Å²) in [6.07, 6.45) is 5.08. The predicted molar refractivity (Wildman–Crippen MR) is 74.2 cm³/mol. The Morgan fingerprint density at radius 1 is 1.47 bits per heavy atom. The standard InChI is InChI=1S/C14H19ClN2/c1-2-10-7-12(15)4-3-11(10)5-6-17-14-8-13(16)9-14/h2-4,7,13-14,17H,1,5-6,8-9,16H2. The molecule has 0 heterocycles. The normalized spacial score (nSPS) is 23.2. The first-order valence-corrected chi connectivity index (χ1v) is 6.46. The van der Waals surface area contributed by atoms with E-state index in [4.69, 9.17) is 17.3 Å². The molecule has 1 saturated carbocycles. The molecule has 0 spiro atoms. The van der Waals surface area contributed by atoms with E-state index in [1.807, 2.05) is 18.2 Å². The lowest BCUT2D eigenvalue weighted by Crippen LogP contribution is -2.48. The highest BCUT2D eigenvalue weighted by Crippen LogP contribution is 2.19. The van der Waals surface area contributed by atoms with Gasteiger partial charge in [-0.05, 0) is 49.1 Å². The molecule has 0 atom stereocenters. The number of nitrogens with one attached hydrogen (secondary N) is 1. The van der Waals surface area contributed by atoms with Gasteiger partial charge in [-0.25, -0.2) is 0 Å². The highest BCUT2D eigenvalue weighted by atomic mass is 35.5. The zero-order valence-corrected chi connectivity index (χ0v) is 10.7. The number of benzene rings is 1. The van der Waals surface area contributed by atoms with Crippen molar-refractivity contribution in [2.75, 3.05) is 6.54 Å². The van der Waals surface area contributed by atoms with E-state index < -0.39 is 0 Å². The number of nitrogens with two attached hydrogens (primary N) is 1. The summed E-state index contributed by atoms with van der Waals surface area (Å²) in [5.74, 6) is 0. The van der Waals surface area contributed by atoms with Crippen molar-refractivity contribution in [3.63, 3.8) is 0 Å². The van der Waals surface area contributed by atoms with Gasteiger partial charge in [0.05, 0.1) is 0 Å². The molecule has 1 aromatic carbocycles. The molecular weight excluding hydrogens is 232 g/mol. The van der Waals surface area contributed by atoms with Crippen LogP contribution in [-0.2, 0) is 6.42 Å². The minimum absolute atomic E-state index is 0.409. The van der Waals surface area contributed by atoms with E-state index in [1.54, 1.807) is 0 Å². The molecule has 0 unspecified atom stereocenters. The lowest BCUT2D eigenvalue weighted by Gasteiger charge is -2.33. The fourth-order valence-corrected chi connectivity index (χ4v) is 2.40. The second-order valence-corrected chi connectivity index (χ2v) is 5.12. The summed E-state index contributed by atoms with van der Waals surface area (Å²) in [4.78, 5) is 0. The summed E-state index contributed by atoms with van der Waals surface area (Å²) in [6, 6.07) is 7.00. The van der Waals surface area contributed by atoms with Gasteiger partial charge in [0.25, 0.3) is 0 Å². The largest absolute Gasteiger partial charge is 0.328 e. The molecular formula is C14H19ClN2. The molecule has 0 radical (unpaired) electrons. The number of rotatable bonds is 5. The van der Waals surface area contributed by atoms with Crippen LogP contribution in [0.25, 0.3) is 6.08 Å². The van der Waals surface area contributed by atoms with E-state index in [0.29, 0.717) is 12.1 Å². The number of hydrogen-bond donors (Lipinski definition) is 2. The van der Waals surface area contributed by atoms with E-state index in [2.05, 4.69) is 18.0 Å². The molecule has 17 heavy (non-hydrogen) atoms. The molecule has 2 rings (SSSR count). The van der Waals surface area contributed by atoms with Gasteiger partial charge in [0.2, 0.25) is 0 Å². The van der Waals surface area contributed by atoms with Crippen LogP contribution in [0, 0.1) is 0 Å². The molecule has 0 bridgehead atoms. The Balaban J connectivity index is 1.84. The molecule has 1 aliphatic carbocycles. The minimum atomic E-state index is 0.409. The van der Waals surface area contributed by atoms with Gasteiger partial charge in [-0.3, -0.25) is 0 Å². The average molecular weight is 251 g/mol. The molecule has 1 aromatic rings. The van der Waals surface area contributed by atoms with Crippen LogP contribution in [0.3, 0.4) is 0 Å². The monoisotopic (exact) mass is 250 g/mol. The van der Waals surface area contributed by atoms with Gasteiger partial charge in [-0.15, -0.1) is 0 Å². The first kappa shape index (κ1) is 12.6. The molecule has 0 aromatic heterocycles. The van der Waals surface area contributed by atoms with Crippen LogP contribution >= 0.6 is 11.6 Å². The summed E-state index contributed by atoms with van der Waals surface area (Å²) >= 11 is 5.95. The lowest BCUT2D eigenvalue weighted by molar-refractivity contribution is 0.294. The highest BCUT2D eigenvalue weighted by molar-refractivity contribution is 6.30. The van der Waals surface area contributed by atoms with Crippen LogP contribution < -0.4 is 11.1 Å². The molecule has 3 heteroatoms. The Kier molecular flexibility index (Phi) is 4.21. The second-order valence-electron chi connectivity index (χ2n) is 4.68. The fraction of sp³-hybridized carbons (Fsp3) is 0.429. The molecule has 0 aliphatic heterocycles. The molecule has 2 nitrogen and oxygen atoms in total. The molecule has 1 aliphatic rings. The van der Waals surface area contributed by atoms with Crippen molar-refractivity contribution in [2.24, 2.45) is 5.73 Å². The first-order chi connectivity index (χ1) is 8.19. The number of hydrogen-bond acceptors (Lipinski definition) is 2. The van der Waals surface area contributed by atoms with Crippen LogP contribution in [0.15, 0.2) is 24.8 Å². The third-order valence-corrected chi connectivity index (χ3v) is 3.56. The van der Waals surface area contributed by atoms with Gasteiger partial charge in [0.1, 0.15) is 0 Å². The van der Waals surface area contributed by atoms with Crippen LogP contribution in [0.5, 0.6) is 0 Å². The van der Waals surface area contributed by atoms with Crippen molar-refractivity contribution in [1.82, 2.24) is 5.32 Å². The van der Waals surface area contributed by atoms with Gasteiger partial charge >= 0.3 is 0 Å². The van der Waals surface area contributed by atoms with E-state index in [1.165, 1.54) is 5.56 Å². The van der Waals surface area contributed by atoms with Crippen LogP contribution in [0.1, 0.15) is 24.0 Å². The zero-order chi connectivity index (χ0) is 12.3. The van der Waals surface area contributed by atoms with E-state index in [-0.39, 0.29) is 0 Å². The fourth-order valence-electron chi connectivity index (χ4n) is 2.22. The molecule has 3 N–H and O–H groups in total. The van der Waals surface area contributed by atoms with Crippen LogP contribution in [0.2, 0.25) is 5.02 Å². The molecule has 0 amide bonds. The third kappa shape index (κ3) is 3.32. The topological polar surface area (TPSA) is 38.0 Å². The average Bonchev–Trinajstić information content (AvgIpc) is 2.28. The Morgan fingerprint density at radius 2 is 2.24 bits per heavy atom. The van der Waals surface area contributed by atoms with Crippen molar-refractivity contribution < 1.29 is 0 Å². The molecule has 0 saturated heterocycles. The van der Waals surface area contributed by atoms with Gasteiger partial charge in [0, 0.05) is 17.1 Å². The van der Waals surface area contributed by atoms with Crippen molar-refractivity contribution in [3.05, 3.63) is 40.9 Å². The second kappa shape index (κ2) is 5.67. The molecule has 92 valence electrons. The van der Waals surface area contributed by atoms with Crippen LogP contribution in [-0.4, -0.2) is 18.6 Å². The lowest BCUT2D eigenvalue weighted by atomic mass is 9.87. The maximum absolute atomic E-state index is 5.95. The Hall–Kier alpha value is -0.830. The summed E-state index contributed by atoms with van der Waals surface area (Å²) in [6.45, 7) is 4.80. The third-order valence-electron chi connectivity index (χ3n) is 3.33. The Labute approximate surface area is 108 Å². The summed E-state index contributed by atoms with van der Waals surface area (Å²) in [7, 11) is 0. The Morgan fingerprint density at radius 3 is 2.88 bits per heavy atom. The smallest absolute Gasteiger partial charge is 0.0412 e. The van der Waals surface area contributed by atoms with Crippen molar-refractivity contribution in [1.29, 1.82) is 0 Å². The van der Waals surface area contributed by atoms with Gasteiger partial charge < -0.3 is 11.1 Å². The zero-order valence-electron chi connectivity index (χ0n) is 9.95. The van der Waals surface area contributed by atoms with Crippen molar-refractivity contribution in [3.8, 4) is 0 Å². The van der Waals surface area contributed by atoms with E-state index in [9.17, 15) is 0 Å². The number of halogens is 1. The van der Waals surface area contributed by atoms with E-state index >= 15 is 0 Å². The summed E-state index contributed by atoms with van der Waals surface area (Å²) in [5.41, 5.74) is 8.17. The van der Waals surface area contributed by atoms with Gasteiger partial charge in [0.15, 0.2) is 0 Å². The highest BCUT2D eigenvalue weighted by Gasteiger charge is 2.24. The van der Waals surface area contributed by atoms with Crippen molar-refractivity contribution >= 4 is 17.7 Å². The quantitative estimate of drug-likeness (QED) is 0.843. The van der Waals surface area contributed by atoms with Gasteiger partial charge in [-0.2, -0.15) is 0 Å². The molecule has 1 fully saturated rings. The predicted octanol–water partition coefficient (Wildman–Crippen LogP) is 2.60. The summed E-state index contributed by atoms with van der Waals surface area (Å²) < 4.78 is 0. The van der Waals surface area contributed by atoms with Crippen molar-refractivity contribution in [2.45, 2.75) is 31.3 Å². The summed E-state index contributed by atoms with van der Waals surface area (Å²) in [5, 5.41) is 4.28. The minimum Gasteiger partial charge on any atom is -0.328 e. The SMILES string of the molecule is C=Cc1cc(Cl)ccc1CCNC1CC(N)C1. The first-order valence-electron chi connectivity index (χ1n) is 6.09. The maximum atomic E-state index is 5.95.